The molecular formula is C26H33F3O. The third-order valence-corrected chi connectivity index (χ3v) is 6.46. The van der Waals surface area contributed by atoms with Gasteiger partial charge in [-0.05, 0) is 80.2 Å². The zero-order chi connectivity index (χ0) is 21.5. The smallest absolute Gasteiger partial charge is 0.387 e. The van der Waals surface area contributed by atoms with Crippen LogP contribution in [-0.4, -0.2) is 6.61 Å². The maximum Gasteiger partial charge on any atom is 0.387 e. The van der Waals surface area contributed by atoms with Crippen LogP contribution in [0.2, 0.25) is 0 Å². The van der Waals surface area contributed by atoms with Crippen LogP contribution in [0, 0.1) is 11.7 Å². The number of allylic oxidation sites excluding steroid dienone is 1. The lowest BCUT2D eigenvalue weighted by Gasteiger charge is -2.30. The van der Waals surface area contributed by atoms with Crippen LogP contribution in [0.25, 0.3) is 10.8 Å². The summed E-state index contributed by atoms with van der Waals surface area (Å²) in [4.78, 5) is 0. The van der Waals surface area contributed by atoms with Crippen molar-refractivity contribution in [1.29, 1.82) is 0 Å². The number of hydrogen-bond donors (Lipinski definition) is 0. The average molecular weight is 419 g/mol. The van der Waals surface area contributed by atoms with E-state index in [-0.39, 0.29) is 11.7 Å². The van der Waals surface area contributed by atoms with Gasteiger partial charge < -0.3 is 4.74 Å². The number of halogens is 3. The second-order valence-corrected chi connectivity index (χ2v) is 8.58. The maximum atomic E-state index is 15.6. The Morgan fingerprint density at radius 3 is 2.57 bits per heavy atom. The van der Waals surface area contributed by atoms with E-state index in [0.717, 1.165) is 69.8 Å². The van der Waals surface area contributed by atoms with E-state index in [0.29, 0.717) is 22.3 Å². The Bertz CT molecular complexity index is 838. The Kier molecular flexibility index (Phi) is 8.24. The van der Waals surface area contributed by atoms with Gasteiger partial charge in [0.25, 0.3) is 0 Å². The van der Waals surface area contributed by atoms with E-state index in [9.17, 15) is 8.78 Å². The number of alkyl halides is 2. The lowest BCUT2D eigenvalue weighted by atomic mass is 9.76. The van der Waals surface area contributed by atoms with Gasteiger partial charge in [0.05, 0.1) is 0 Å². The van der Waals surface area contributed by atoms with Gasteiger partial charge in [0.2, 0.25) is 0 Å². The first-order chi connectivity index (χ1) is 14.5. The van der Waals surface area contributed by atoms with E-state index >= 15 is 4.39 Å². The highest BCUT2D eigenvalue weighted by atomic mass is 19.3. The fourth-order valence-electron chi connectivity index (χ4n) is 4.81. The molecule has 0 atom stereocenters. The fraction of sp³-hybridized carbons (Fsp3) is 0.538. The van der Waals surface area contributed by atoms with Crippen LogP contribution < -0.4 is 4.74 Å². The van der Waals surface area contributed by atoms with Gasteiger partial charge in [-0.2, -0.15) is 8.78 Å². The molecule has 1 nitrogen and oxygen atoms in total. The Labute approximate surface area is 178 Å². The molecule has 1 aliphatic rings. The molecule has 1 saturated carbocycles. The van der Waals surface area contributed by atoms with E-state index < -0.39 is 12.4 Å². The van der Waals surface area contributed by atoms with Crippen molar-refractivity contribution in [2.75, 3.05) is 0 Å². The first-order valence-corrected chi connectivity index (χ1v) is 11.3. The molecule has 0 aromatic heterocycles. The second-order valence-electron chi connectivity index (χ2n) is 8.58. The van der Waals surface area contributed by atoms with Crippen LogP contribution in [0.5, 0.6) is 5.75 Å². The van der Waals surface area contributed by atoms with Gasteiger partial charge in [-0.25, -0.2) is 4.39 Å². The molecule has 164 valence electrons. The first kappa shape index (κ1) is 22.7. The SMILES string of the molecule is C=CCCC1CCC(c2c(OC(F)F)cc3cc(CCCCC)ccc3c2F)CC1. The molecule has 0 bridgehead atoms. The minimum atomic E-state index is -2.96. The number of benzene rings is 2. The zero-order valence-electron chi connectivity index (χ0n) is 17.9. The summed E-state index contributed by atoms with van der Waals surface area (Å²) in [7, 11) is 0. The third-order valence-electron chi connectivity index (χ3n) is 6.46. The molecule has 2 aromatic rings. The maximum absolute atomic E-state index is 15.6. The van der Waals surface area contributed by atoms with Crippen LogP contribution in [0.1, 0.15) is 81.8 Å². The summed E-state index contributed by atoms with van der Waals surface area (Å²) < 4.78 is 46.7. The Morgan fingerprint density at radius 1 is 1.13 bits per heavy atom. The third kappa shape index (κ3) is 5.59. The van der Waals surface area contributed by atoms with E-state index in [1.165, 1.54) is 0 Å². The molecule has 0 radical (unpaired) electrons. The molecule has 0 unspecified atom stereocenters. The monoisotopic (exact) mass is 418 g/mol. The van der Waals surface area contributed by atoms with Gasteiger partial charge >= 0.3 is 6.61 Å². The Hall–Kier alpha value is -1.97. The van der Waals surface area contributed by atoms with Crippen molar-refractivity contribution >= 4 is 10.8 Å². The van der Waals surface area contributed by atoms with Gasteiger partial charge in [0.15, 0.2) is 0 Å². The molecule has 0 heterocycles. The molecule has 0 N–H and O–H groups in total. The highest BCUT2D eigenvalue weighted by Gasteiger charge is 2.29. The van der Waals surface area contributed by atoms with E-state index in [1.807, 2.05) is 18.2 Å². The van der Waals surface area contributed by atoms with E-state index in [4.69, 9.17) is 4.74 Å². The normalized spacial score (nSPS) is 19.4. The summed E-state index contributed by atoms with van der Waals surface area (Å²) in [5.41, 5.74) is 1.44. The number of ether oxygens (including phenoxy) is 1. The standard InChI is InChI=1S/C26H33F3O/c1-3-5-7-9-19-12-15-22-21(16-19)17-23(30-26(28)29)24(25(22)27)20-13-10-18(11-14-20)8-6-4-2/h4,12,15-18,20,26H,2-3,5-11,13-14H2,1H3. The Balaban J connectivity index is 1.89. The topological polar surface area (TPSA) is 9.23 Å². The van der Waals surface area contributed by atoms with Crippen molar-refractivity contribution in [3.63, 3.8) is 0 Å². The minimum Gasteiger partial charge on any atom is -0.434 e. The number of unbranched alkanes of at least 4 members (excludes halogenated alkanes) is 2. The fourth-order valence-corrected chi connectivity index (χ4v) is 4.81. The Morgan fingerprint density at radius 2 is 1.90 bits per heavy atom. The molecule has 0 saturated heterocycles. The molecule has 3 rings (SSSR count). The zero-order valence-corrected chi connectivity index (χ0v) is 17.9. The molecule has 2 aromatic carbocycles. The van der Waals surface area contributed by atoms with Crippen LogP contribution in [0.4, 0.5) is 13.2 Å². The second kappa shape index (κ2) is 10.9. The van der Waals surface area contributed by atoms with Gasteiger partial charge in [-0.1, -0.05) is 44.0 Å². The number of fused-ring (bicyclic) bond motifs is 1. The first-order valence-electron chi connectivity index (χ1n) is 11.3. The summed E-state index contributed by atoms with van der Waals surface area (Å²) in [5, 5.41) is 1.14. The van der Waals surface area contributed by atoms with Gasteiger partial charge in [-0.15, -0.1) is 6.58 Å². The molecule has 0 spiro atoms. The summed E-state index contributed by atoms with van der Waals surface area (Å²) in [6.07, 6.45) is 11.8. The summed E-state index contributed by atoms with van der Waals surface area (Å²) >= 11 is 0. The molecule has 4 heteroatoms. The summed E-state index contributed by atoms with van der Waals surface area (Å²) in [6.45, 7) is 2.97. The van der Waals surface area contributed by atoms with Crippen LogP contribution in [-0.2, 0) is 6.42 Å². The van der Waals surface area contributed by atoms with Gasteiger partial charge in [-0.3, -0.25) is 0 Å². The highest BCUT2D eigenvalue weighted by Crippen LogP contribution is 2.44. The van der Waals surface area contributed by atoms with Crippen molar-refractivity contribution in [2.45, 2.75) is 83.7 Å². The molecular weight excluding hydrogens is 385 g/mol. The largest absolute Gasteiger partial charge is 0.434 e. The number of rotatable bonds is 10. The van der Waals surface area contributed by atoms with Crippen LogP contribution >= 0.6 is 0 Å². The summed E-state index contributed by atoms with van der Waals surface area (Å²) in [5.74, 6) is 0.147. The summed E-state index contributed by atoms with van der Waals surface area (Å²) in [6, 6.07) is 7.30. The van der Waals surface area contributed by atoms with Crippen LogP contribution in [0.15, 0.2) is 36.9 Å². The molecule has 1 fully saturated rings. The van der Waals surface area contributed by atoms with E-state index in [1.54, 1.807) is 12.1 Å². The van der Waals surface area contributed by atoms with Crippen molar-refractivity contribution in [3.8, 4) is 5.75 Å². The van der Waals surface area contributed by atoms with Crippen molar-refractivity contribution < 1.29 is 17.9 Å². The molecule has 0 amide bonds. The highest BCUT2D eigenvalue weighted by molar-refractivity contribution is 5.86. The molecule has 0 aliphatic heterocycles. The van der Waals surface area contributed by atoms with E-state index in [2.05, 4.69) is 13.5 Å². The van der Waals surface area contributed by atoms with Crippen molar-refractivity contribution in [3.05, 3.63) is 53.9 Å². The van der Waals surface area contributed by atoms with Gasteiger partial charge in [0, 0.05) is 10.9 Å². The molecule has 30 heavy (non-hydrogen) atoms. The average Bonchev–Trinajstić information content (AvgIpc) is 2.73. The minimum absolute atomic E-state index is 0.00949. The van der Waals surface area contributed by atoms with Gasteiger partial charge in [0.1, 0.15) is 11.6 Å². The predicted molar refractivity (Wildman–Crippen MR) is 118 cm³/mol. The quantitative estimate of drug-likeness (QED) is 0.277. The molecule has 1 aliphatic carbocycles. The lowest BCUT2D eigenvalue weighted by molar-refractivity contribution is -0.0508. The van der Waals surface area contributed by atoms with Crippen LogP contribution in [0.3, 0.4) is 0 Å². The number of aryl methyl sites for hydroxylation is 1. The van der Waals surface area contributed by atoms with Crippen molar-refractivity contribution in [2.24, 2.45) is 5.92 Å². The van der Waals surface area contributed by atoms with Crippen molar-refractivity contribution in [1.82, 2.24) is 0 Å². The number of hydrogen-bond acceptors (Lipinski definition) is 1. The predicted octanol–water partition coefficient (Wildman–Crippen LogP) is 8.55. The lowest BCUT2D eigenvalue weighted by Crippen LogP contribution is -2.16.